The maximum atomic E-state index is 13.8. The standard InChI is InChI=1S/C15H21FN2O2/c1-3-18(12-5-6-12)15(19)9-20-14-7-4-11(10(2)17)8-13(14)16/h4,7-8,10,12H,3,5-6,9,17H2,1-2H3/t10-/m0/s1. The fourth-order valence-electron chi connectivity index (χ4n) is 2.16. The van der Waals surface area contributed by atoms with Crippen molar-refractivity contribution in [2.45, 2.75) is 38.8 Å². The van der Waals surface area contributed by atoms with Crippen LogP contribution in [0.4, 0.5) is 4.39 Å². The van der Waals surface area contributed by atoms with Gasteiger partial charge in [0, 0.05) is 18.6 Å². The SMILES string of the molecule is CCN(C(=O)COc1ccc([C@H](C)N)cc1F)C1CC1. The number of nitrogens with zero attached hydrogens (tertiary/aromatic N) is 1. The molecule has 1 fully saturated rings. The summed E-state index contributed by atoms with van der Waals surface area (Å²) in [6, 6.07) is 4.70. The number of halogens is 1. The predicted molar refractivity (Wildman–Crippen MR) is 74.9 cm³/mol. The van der Waals surface area contributed by atoms with Crippen molar-refractivity contribution in [1.82, 2.24) is 4.90 Å². The van der Waals surface area contributed by atoms with Crippen LogP contribution >= 0.6 is 0 Å². The van der Waals surface area contributed by atoms with E-state index in [0.29, 0.717) is 18.2 Å². The van der Waals surface area contributed by atoms with E-state index in [-0.39, 0.29) is 24.3 Å². The zero-order valence-electron chi connectivity index (χ0n) is 11.9. The van der Waals surface area contributed by atoms with E-state index in [0.717, 1.165) is 12.8 Å². The van der Waals surface area contributed by atoms with E-state index in [9.17, 15) is 9.18 Å². The fourth-order valence-corrected chi connectivity index (χ4v) is 2.16. The minimum atomic E-state index is -0.484. The number of carbonyl (C=O) groups excluding carboxylic acids is 1. The molecule has 20 heavy (non-hydrogen) atoms. The Labute approximate surface area is 118 Å². The molecule has 2 N–H and O–H groups in total. The summed E-state index contributed by atoms with van der Waals surface area (Å²) in [4.78, 5) is 13.8. The quantitative estimate of drug-likeness (QED) is 0.869. The molecule has 1 aromatic rings. The van der Waals surface area contributed by atoms with Gasteiger partial charge in [0.1, 0.15) is 0 Å². The minimum Gasteiger partial charge on any atom is -0.481 e. The molecule has 1 atom stereocenters. The summed E-state index contributed by atoms with van der Waals surface area (Å²) in [7, 11) is 0. The fraction of sp³-hybridized carbons (Fsp3) is 0.533. The van der Waals surface area contributed by atoms with Crippen molar-refractivity contribution < 1.29 is 13.9 Å². The van der Waals surface area contributed by atoms with E-state index in [4.69, 9.17) is 10.5 Å². The Kier molecular flexibility index (Phi) is 4.60. The lowest BCUT2D eigenvalue weighted by molar-refractivity contribution is -0.133. The van der Waals surface area contributed by atoms with Crippen LogP contribution in [-0.4, -0.2) is 30.0 Å². The number of benzene rings is 1. The molecular formula is C15H21FN2O2. The van der Waals surface area contributed by atoms with Gasteiger partial charge in [0.15, 0.2) is 18.2 Å². The van der Waals surface area contributed by atoms with Crippen LogP contribution in [0.15, 0.2) is 18.2 Å². The number of amides is 1. The zero-order chi connectivity index (χ0) is 14.7. The number of nitrogens with two attached hydrogens (primary N) is 1. The molecule has 1 aromatic carbocycles. The number of rotatable bonds is 6. The molecule has 0 aromatic heterocycles. The van der Waals surface area contributed by atoms with Crippen molar-refractivity contribution in [3.8, 4) is 5.75 Å². The van der Waals surface area contributed by atoms with Gasteiger partial charge in [-0.3, -0.25) is 4.79 Å². The second-order valence-electron chi connectivity index (χ2n) is 5.18. The Hall–Kier alpha value is -1.62. The van der Waals surface area contributed by atoms with E-state index in [1.807, 2.05) is 6.92 Å². The van der Waals surface area contributed by atoms with Crippen LogP contribution in [0.3, 0.4) is 0 Å². The third-order valence-electron chi connectivity index (χ3n) is 3.48. The summed E-state index contributed by atoms with van der Waals surface area (Å²) in [6.07, 6.45) is 2.11. The maximum absolute atomic E-state index is 13.8. The van der Waals surface area contributed by atoms with Gasteiger partial charge in [-0.1, -0.05) is 6.07 Å². The van der Waals surface area contributed by atoms with Gasteiger partial charge in [0.05, 0.1) is 0 Å². The van der Waals surface area contributed by atoms with Crippen molar-refractivity contribution >= 4 is 5.91 Å². The van der Waals surface area contributed by atoms with Crippen molar-refractivity contribution in [2.24, 2.45) is 5.73 Å². The molecule has 0 saturated heterocycles. The summed E-state index contributed by atoms with van der Waals surface area (Å²) in [6.45, 7) is 4.26. The van der Waals surface area contributed by atoms with Gasteiger partial charge in [-0.15, -0.1) is 0 Å². The van der Waals surface area contributed by atoms with Crippen molar-refractivity contribution in [3.05, 3.63) is 29.6 Å². The van der Waals surface area contributed by atoms with Crippen LogP contribution in [0.25, 0.3) is 0 Å². The van der Waals surface area contributed by atoms with Crippen LogP contribution in [0.5, 0.6) is 5.75 Å². The predicted octanol–water partition coefficient (Wildman–Crippen LogP) is 2.24. The van der Waals surface area contributed by atoms with Crippen LogP contribution in [0.1, 0.15) is 38.3 Å². The molecule has 1 amide bonds. The first-order valence-electron chi connectivity index (χ1n) is 7.00. The lowest BCUT2D eigenvalue weighted by atomic mass is 10.1. The molecular weight excluding hydrogens is 259 g/mol. The normalized spacial score (nSPS) is 15.8. The summed E-state index contributed by atoms with van der Waals surface area (Å²) >= 11 is 0. The van der Waals surface area contributed by atoms with Gasteiger partial charge in [0.25, 0.3) is 5.91 Å². The van der Waals surface area contributed by atoms with Gasteiger partial charge in [-0.25, -0.2) is 4.39 Å². The molecule has 110 valence electrons. The average Bonchev–Trinajstić information content (AvgIpc) is 3.22. The largest absolute Gasteiger partial charge is 0.481 e. The summed E-state index contributed by atoms with van der Waals surface area (Å²) in [5.74, 6) is -0.484. The number of hydrogen-bond donors (Lipinski definition) is 1. The molecule has 0 heterocycles. The first-order valence-corrected chi connectivity index (χ1v) is 7.00. The Morgan fingerprint density at radius 2 is 2.25 bits per heavy atom. The lowest BCUT2D eigenvalue weighted by Crippen LogP contribution is -2.36. The zero-order valence-corrected chi connectivity index (χ0v) is 11.9. The summed E-state index contributed by atoms with van der Waals surface area (Å²) < 4.78 is 19.1. The summed E-state index contributed by atoms with van der Waals surface area (Å²) in [5, 5.41) is 0. The second-order valence-corrected chi connectivity index (χ2v) is 5.18. The molecule has 1 aliphatic carbocycles. The summed E-state index contributed by atoms with van der Waals surface area (Å²) in [5.41, 5.74) is 6.39. The second kappa shape index (κ2) is 6.22. The molecule has 4 nitrogen and oxygen atoms in total. The Morgan fingerprint density at radius 1 is 1.55 bits per heavy atom. The number of ether oxygens (including phenoxy) is 1. The minimum absolute atomic E-state index is 0.0920. The molecule has 1 saturated carbocycles. The van der Waals surface area contributed by atoms with Gasteiger partial charge >= 0.3 is 0 Å². The molecule has 0 bridgehead atoms. The molecule has 0 spiro atoms. The smallest absolute Gasteiger partial charge is 0.260 e. The highest BCUT2D eigenvalue weighted by atomic mass is 19.1. The molecule has 1 aliphatic rings. The Bertz CT molecular complexity index is 487. The van der Waals surface area contributed by atoms with Crippen molar-refractivity contribution in [2.75, 3.05) is 13.2 Å². The van der Waals surface area contributed by atoms with Crippen LogP contribution in [0, 0.1) is 5.82 Å². The van der Waals surface area contributed by atoms with Crippen LogP contribution in [-0.2, 0) is 4.79 Å². The van der Waals surface area contributed by atoms with Crippen LogP contribution in [0.2, 0.25) is 0 Å². The van der Waals surface area contributed by atoms with E-state index in [1.165, 1.54) is 12.1 Å². The number of carbonyl (C=O) groups is 1. The monoisotopic (exact) mass is 280 g/mol. The van der Waals surface area contributed by atoms with E-state index >= 15 is 0 Å². The molecule has 2 rings (SSSR count). The van der Waals surface area contributed by atoms with Gasteiger partial charge in [-0.2, -0.15) is 0 Å². The third kappa shape index (κ3) is 3.48. The molecule has 0 unspecified atom stereocenters. The van der Waals surface area contributed by atoms with E-state index < -0.39 is 5.82 Å². The maximum Gasteiger partial charge on any atom is 0.260 e. The van der Waals surface area contributed by atoms with Gasteiger partial charge < -0.3 is 15.4 Å². The number of likely N-dealkylation sites (N-methyl/N-ethyl adjacent to an activating group) is 1. The highest BCUT2D eigenvalue weighted by molar-refractivity contribution is 5.78. The Balaban J connectivity index is 1.95. The van der Waals surface area contributed by atoms with Crippen LogP contribution < -0.4 is 10.5 Å². The number of hydrogen-bond acceptors (Lipinski definition) is 3. The van der Waals surface area contributed by atoms with E-state index in [1.54, 1.807) is 17.9 Å². The van der Waals surface area contributed by atoms with Gasteiger partial charge in [0.2, 0.25) is 0 Å². The van der Waals surface area contributed by atoms with Gasteiger partial charge in [-0.05, 0) is 44.4 Å². The van der Waals surface area contributed by atoms with Crippen molar-refractivity contribution in [1.29, 1.82) is 0 Å². The molecule has 0 aliphatic heterocycles. The topological polar surface area (TPSA) is 55.6 Å². The first kappa shape index (κ1) is 14.8. The first-order chi connectivity index (χ1) is 9.52. The molecule has 5 heteroatoms. The lowest BCUT2D eigenvalue weighted by Gasteiger charge is -2.20. The van der Waals surface area contributed by atoms with Crippen molar-refractivity contribution in [3.63, 3.8) is 0 Å². The Morgan fingerprint density at radius 3 is 2.75 bits per heavy atom. The molecule has 0 radical (unpaired) electrons. The average molecular weight is 280 g/mol. The third-order valence-corrected chi connectivity index (χ3v) is 3.48. The highest BCUT2D eigenvalue weighted by Crippen LogP contribution is 2.27. The van der Waals surface area contributed by atoms with E-state index in [2.05, 4.69) is 0 Å². The highest BCUT2D eigenvalue weighted by Gasteiger charge is 2.31.